The summed E-state index contributed by atoms with van der Waals surface area (Å²) >= 11 is 1.53. The van der Waals surface area contributed by atoms with Crippen molar-refractivity contribution >= 4 is 32.7 Å². The highest BCUT2D eigenvalue weighted by Gasteiger charge is 2.32. The molecule has 5 nitrogen and oxygen atoms in total. The van der Waals surface area contributed by atoms with Crippen LogP contribution in [0.4, 0.5) is 0 Å². The van der Waals surface area contributed by atoms with Crippen LogP contribution in [0.25, 0.3) is 0 Å². The fraction of sp³-hybridized carbons (Fsp3) is 0.619. The lowest BCUT2D eigenvalue weighted by Crippen LogP contribution is -2.32. The molecular weight excluding hydrogens is 392 g/mol. The van der Waals surface area contributed by atoms with Crippen LogP contribution >= 0.6 is 11.8 Å². The van der Waals surface area contributed by atoms with Gasteiger partial charge in [-0.1, -0.05) is 51.6 Å². The summed E-state index contributed by atoms with van der Waals surface area (Å²) in [5.74, 6) is 0.230. The Kier molecular flexibility index (Phi) is 7.37. The molecule has 3 unspecified atom stereocenters. The third kappa shape index (κ3) is 5.60. The minimum absolute atomic E-state index is 0.0348. The minimum atomic E-state index is -3.18. The summed E-state index contributed by atoms with van der Waals surface area (Å²) in [6, 6.07) is 7.46. The van der Waals surface area contributed by atoms with Gasteiger partial charge in [0.1, 0.15) is 0 Å². The quantitative estimate of drug-likeness (QED) is 0.678. The van der Waals surface area contributed by atoms with Gasteiger partial charge >= 0.3 is 0 Å². The SMILES string of the molecule is CCC(C)(CCC(C)NC1=NC(=O)C(C(C)C)S1)c1ccc(S(C)(=O)=O)cc1. The van der Waals surface area contributed by atoms with Crippen molar-refractivity contribution in [1.82, 2.24) is 5.32 Å². The van der Waals surface area contributed by atoms with Gasteiger partial charge in [0.2, 0.25) is 0 Å². The van der Waals surface area contributed by atoms with Crippen molar-refractivity contribution in [3.8, 4) is 0 Å². The first-order valence-electron chi connectivity index (χ1n) is 9.82. The van der Waals surface area contributed by atoms with Crippen molar-refractivity contribution < 1.29 is 13.2 Å². The molecule has 1 heterocycles. The third-order valence-electron chi connectivity index (χ3n) is 5.56. The van der Waals surface area contributed by atoms with Gasteiger partial charge in [0.05, 0.1) is 10.1 Å². The van der Waals surface area contributed by atoms with E-state index in [1.807, 2.05) is 26.0 Å². The van der Waals surface area contributed by atoms with Crippen molar-refractivity contribution in [2.24, 2.45) is 10.9 Å². The molecule has 0 saturated heterocycles. The summed E-state index contributed by atoms with van der Waals surface area (Å²) in [7, 11) is -3.18. The molecule has 28 heavy (non-hydrogen) atoms. The average molecular weight is 425 g/mol. The predicted octanol–water partition coefficient (Wildman–Crippen LogP) is 4.17. The van der Waals surface area contributed by atoms with Gasteiger partial charge in [-0.25, -0.2) is 8.42 Å². The fourth-order valence-corrected chi connectivity index (χ4v) is 5.00. The van der Waals surface area contributed by atoms with Crippen molar-refractivity contribution in [3.63, 3.8) is 0 Å². The van der Waals surface area contributed by atoms with Crippen LogP contribution in [0.3, 0.4) is 0 Å². The number of rotatable bonds is 8. The largest absolute Gasteiger partial charge is 0.362 e. The Morgan fingerprint density at radius 3 is 2.29 bits per heavy atom. The Morgan fingerprint density at radius 1 is 1.21 bits per heavy atom. The monoisotopic (exact) mass is 424 g/mol. The molecule has 1 aromatic carbocycles. The molecule has 0 aliphatic carbocycles. The van der Waals surface area contributed by atoms with E-state index in [4.69, 9.17) is 0 Å². The van der Waals surface area contributed by atoms with Crippen molar-refractivity contribution in [3.05, 3.63) is 29.8 Å². The number of carbonyl (C=O) groups excluding carboxylic acids is 1. The zero-order chi connectivity index (χ0) is 21.1. The molecule has 0 radical (unpaired) electrons. The van der Waals surface area contributed by atoms with Gasteiger partial charge in [-0.15, -0.1) is 0 Å². The molecule has 7 heteroatoms. The molecule has 0 fully saturated rings. The maximum Gasteiger partial charge on any atom is 0.261 e. The van der Waals surface area contributed by atoms with E-state index < -0.39 is 9.84 Å². The first-order valence-corrected chi connectivity index (χ1v) is 12.6. The van der Waals surface area contributed by atoms with Crippen LogP contribution in [0.1, 0.15) is 59.4 Å². The Balaban J connectivity index is 1.99. The minimum Gasteiger partial charge on any atom is -0.362 e. The van der Waals surface area contributed by atoms with E-state index in [9.17, 15) is 13.2 Å². The summed E-state index contributed by atoms with van der Waals surface area (Å²) in [4.78, 5) is 16.5. The molecule has 1 aliphatic rings. The van der Waals surface area contributed by atoms with Gasteiger partial charge < -0.3 is 5.32 Å². The number of amides is 1. The van der Waals surface area contributed by atoms with Gasteiger partial charge in [-0.2, -0.15) is 4.99 Å². The molecule has 0 bridgehead atoms. The van der Waals surface area contributed by atoms with Gasteiger partial charge in [0.25, 0.3) is 5.91 Å². The second kappa shape index (κ2) is 8.99. The second-order valence-corrected chi connectivity index (χ2v) is 11.5. The smallest absolute Gasteiger partial charge is 0.261 e. The average Bonchev–Trinajstić information content (AvgIpc) is 2.99. The number of nitrogens with zero attached hydrogens (tertiary/aromatic N) is 1. The van der Waals surface area contributed by atoms with Gasteiger partial charge in [0, 0.05) is 12.3 Å². The molecule has 1 aromatic rings. The normalized spacial score (nSPS) is 20.8. The number of amidine groups is 1. The van der Waals surface area contributed by atoms with E-state index in [1.165, 1.54) is 18.0 Å². The van der Waals surface area contributed by atoms with E-state index in [0.29, 0.717) is 4.90 Å². The molecule has 3 atom stereocenters. The summed E-state index contributed by atoms with van der Waals surface area (Å²) < 4.78 is 23.4. The first-order chi connectivity index (χ1) is 13.0. The van der Waals surface area contributed by atoms with Crippen molar-refractivity contribution in [2.75, 3.05) is 6.26 Å². The van der Waals surface area contributed by atoms with Crippen molar-refractivity contribution in [1.29, 1.82) is 0 Å². The summed E-state index contributed by atoms with van der Waals surface area (Å²) in [5.41, 5.74) is 1.12. The molecule has 0 spiro atoms. The van der Waals surface area contributed by atoms with E-state index in [2.05, 4.69) is 31.1 Å². The van der Waals surface area contributed by atoms with Crippen LogP contribution in [-0.4, -0.2) is 37.0 Å². The van der Waals surface area contributed by atoms with Crippen LogP contribution in [0, 0.1) is 5.92 Å². The van der Waals surface area contributed by atoms with E-state index in [0.717, 1.165) is 30.0 Å². The van der Waals surface area contributed by atoms with Gasteiger partial charge in [-0.3, -0.25) is 4.79 Å². The zero-order valence-corrected chi connectivity index (χ0v) is 19.3. The summed E-state index contributed by atoms with van der Waals surface area (Å²) in [6.07, 6.45) is 4.07. The molecule has 1 N–H and O–H groups in total. The number of thioether (sulfide) groups is 1. The summed E-state index contributed by atoms with van der Waals surface area (Å²) in [5, 5.41) is 4.03. The van der Waals surface area contributed by atoms with E-state index >= 15 is 0 Å². The number of nitrogens with one attached hydrogen (secondary N) is 1. The molecule has 156 valence electrons. The lowest BCUT2D eigenvalue weighted by molar-refractivity contribution is -0.117. The Labute approximate surface area is 173 Å². The molecule has 1 amide bonds. The number of benzene rings is 1. The molecule has 0 saturated carbocycles. The Bertz CT molecular complexity index is 832. The highest BCUT2D eigenvalue weighted by atomic mass is 32.2. The number of carbonyl (C=O) groups is 1. The molecule has 0 aromatic heterocycles. The molecular formula is C21H32N2O3S2. The topological polar surface area (TPSA) is 75.6 Å². The summed E-state index contributed by atoms with van der Waals surface area (Å²) in [6.45, 7) is 10.6. The van der Waals surface area contributed by atoms with Crippen molar-refractivity contribution in [2.45, 2.75) is 75.5 Å². The molecule has 1 aliphatic heterocycles. The maximum atomic E-state index is 12.0. The van der Waals surface area contributed by atoms with Crippen LogP contribution in [0.2, 0.25) is 0 Å². The lowest BCUT2D eigenvalue weighted by atomic mass is 9.76. The zero-order valence-electron chi connectivity index (χ0n) is 17.7. The van der Waals surface area contributed by atoms with Crippen LogP contribution in [0.15, 0.2) is 34.2 Å². The number of aliphatic imine (C=N–C) groups is 1. The number of hydrogen-bond acceptors (Lipinski definition) is 5. The van der Waals surface area contributed by atoms with Crippen LogP contribution < -0.4 is 5.32 Å². The standard InChI is InChI=1S/C21H32N2O3S2/c1-7-21(5,16-8-10-17(11-9-16)28(6,25)26)13-12-15(4)22-20-23-19(24)18(27-20)14(2)3/h8-11,14-15,18H,7,12-13H2,1-6H3,(H,22,23,24). The van der Waals surface area contributed by atoms with E-state index in [1.54, 1.807) is 12.1 Å². The number of hydrogen-bond donors (Lipinski definition) is 1. The van der Waals surface area contributed by atoms with Gasteiger partial charge in [0.15, 0.2) is 15.0 Å². The highest BCUT2D eigenvalue weighted by Crippen LogP contribution is 2.34. The fourth-order valence-electron chi connectivity index (χ4n) is 3.30. The third-order valence-corrected chi connectivity index (χ3v) is 8.12. The Hall–Kier alpha value is -1.34. The van der Waals surface area contributed by atoms with Gasteiger partial charge in [-0.05, 0) is 55.2 Å². The van der Waals surface area contributed by atoms with Crippen LogP contribution in [0.5, 0.6) is 0 Å². The first kappa shape index (κ1) is 22.9. The molecule has 2 rings (SSSR count). The predicted molar refractivity (Wildman–Crippen MR) is 118 cm³/mol. The van der Waals surface area contributed by atoms with E-state index in [-0.39, 0.29) is 28.5 Å². The second-order valence-electron chi connectivity index (χ2n) is 8.33. The Morgan fingerprint density at radius 2 is 1.82 bits per heavy atom. The maximum absolute atomic E-state index is 12.0. The highest BCUT2D eigenvalue weighted by molar-refractivity contribution is 8.15. The number of sulfone groups is 1. The lowest BCUT2D eigenvalue weighted by Gasteiger charge is -2.30. The van der Waals surface area contributed by atoms with Crippen LogP contribution in [-0.2, 0) is 20.0 Å².